The van der Waals surface area contributed by atoms with E-state index in [0.29, 0.717) is 0 Å². The third kappa shape index (κ3) is 2.10. The molecule has 0 saturated carbocycles. The smallest absolute Gasteiger partial charge is 0.111 e. The lowest BCUT2D eigenvalue weighted by Gasteiger charge is -2.25. The van der Waals surface area contributed by atoms with Crippen LogP contribution in [0.3, 0.4) is 0 Å². The molecule has 0 aliphatic carbocycles. The molecular weight excluding hydrogens is 182 g/mol. The second-order valence-electron chi connectivity index (χ2n) is 3.61. The summed E-state index contributed by atoms with van der Waals surface area (Å²) in [7, 11) is 0. The van der Waals surface area contributed by atoms with Crippen LogP contribution >= 0.6 is 11.3 Å². The molecule has 3 heteroatoms. The summed E-state index contributed by atoms with van der Waals surface area (Å²) in [4.78, 5) is 0.958. The van der Waals surface area contributed by atoms with Crippen LogP contribution in [0.2, 0.25) is 0 Å². The van der Waals surface area contributed by atoms with E-state index in [-0.39, 0.29) is 6.04 Å². The number of nitrogens with two attached hydrogens (primary N) is 1. The van der Waals surface area contributed by atoms with Crippen LogP contribution in [0.1, 0.15) is 31.2 Å². The molecule has 1 aromatic heterocycles. The lowest BCUT2D eigenvalue weighted by Crippen LogP contribution is -2.40. The largest absolute Gasteiger partial charge is 0.383 e. The van der Waals surface area contributed by atoms with Gasteiger partial charge in [-0.15, -0.1) is 11.3 Å². The Morgan fingerprint density at radius 2 is 2.31 bits per heavy atom. The highest BCUT2D eigenvalue weighted by Crippen LogP contribution is 2.29. The maximum absolute atomic E-state index is 10.1. The van der Waals surface area contributed by atoms with Crippen molar-refractivity contribution in [3.8, 4) is 0 Å². The van der Waals surface area contributed by atoms with E-state index < -0.39 is 5.60 Å². The first-order chi connectivity index (χ1) is 5.98. The molecule has 74 valence electrons. The van der Waals surface area contributed by atoms with Crippen LogP contribution in [0.4, 0.5) is 0 Å². The first kappa shape index (κ1) is 10.7. The molecule has 0 spiro atoms. The standard InChI is InChI=1S/C10H17NOS/c1-4-8-5-9(13-6-8)10(3,12)7(2)11/h5-7,12H,4,11H2,1-3H3. The van der Waals surface area contributed by atoms with Gasteiger partial charge in [0.05, 0.1) is 0 Å². The summed E-state index contributed by atoms with van der Waals surface area (Å²) in [6.45, 7) is 5.70. The zero-order valence-electron chi connectivity index (χ0n) is 8.37. The molecule has 0 amide bonds. The van der Waals surface area contributed by atoms with E-state index in [2.05, 4.69) is 12.3 Å². The van der Waals surface area contributed by atoms with Gasteiger partial charge in [0.15, 0.2) is 0 Å². The highest BCUT2D eigenvalue weighted by Gasteiger charge is 2.29. The number of rotatable bonds is 3. The van der Waals surface area contributed by atoms with Crippen LogP contribution in [0.25, 0.3) is 0 Å². The number of hydrogen-bond donors (Lipinski definition) is 2. The molecule has 0 aliphatic heterocycles. The SMILES string of the molecule is CCc1csc(C(C)(O)C(C)N)c1. The minimum absolute atomic E-state index is 0.240. The molecule has 13 heavy (non-hydrogen) atoms. The molecule has 3 N–H and O–H groups in total. The summed E-state index contributed by atoms with van der Waals surface area (Å²) < 4.78 is 0. The molecule has 1 aromatic rings. The Morgan fingerprint density at radius 3 is 2.69 bits per heavy atom. The predicted molar refractivity (Wildman–Crippen MR) is 56.9 cm³/mol. The van der Waals surface area contributed by atoms with Crippen molar-refractivity contribution in [3.63, 3.8) is 0 Å². The van der Waals surface area contributed by atoms with Gasteiger partial charge in [0.2, 0.25) is 0 Å². The van der Waals surface area contributed by atoms with E-state index in [1.165, 1.54) is 5.56 Å². The lowest BCUT2D eigenvalue weighted by molar-refractivity contribution is 0.0386. The Hall–Kier alpha value is -0.380. The molecule has 2 unspecified atom stereocenters. The number of aryl methyl sites for hydroxylation is 1. The zero-order chi connectivity index (χ0) is 10.1. The molecule has 1 rings (SSSR count). The van der Waals surface area contributed by atoms with Crippen LogP contribution in [-0.2, 0) is 12.0 Å². The van der Waals surface area contributed by atoms with Crippen molar-refractivity contribution in [2.24, 2.45) is 5.73 Å². The van der Waals surface area contributed by atoms with Gasteiger partial charge in [-0.1, -0.05) is 6.92 Å². The quantitative estimate of drug-likeness (QED) is 0.780. The van der Waals surface area contributed by atoms with Crippen molar-refractivity contribution in [2.45, 2.75) is 38.8 Å². The first-order valence-corrected chi connectivity index (χ1v) is 5.42. The second kappa shape index (κ2) is 3.78. The molecule has 0 radical (unpaired) electrons. The molecule has 2 atom stereocenters. The first-order valence-electron chi connectivity index (χ1n) is 4.54. The molecule has 2 nitrogen and oxygen atoms in total. The van der Waals surface area contributed by atoms with Gasteiger partial charge in [0.25, 0.3) is 0 Å². The summed E-state index contributed by atoms with van der Waals surface area (Å²) in [5, 5.41) is 12.1. The van der Waals surface area contributed by atoms with E-state index in [1.807, 2.05) is 13.0 Å². The Labute approximate surface area is 83.4 Å². The summed E-state index contributed by atoms with van der Waals surface area (Å²) in [5.74, 6) is 0. The fraction of sp³-hybridized carbons (Fsp3) is 0.600. The highest BCUT2D eigenvalue weighted by molar-refractivity contribution is 7.10. The van der Waals surface area contributed by atoms with Crippen molar-refractivity contribution >= 4 is 11.3 Å². The van der Waals surface area contributed by atoms with Crippen molar-refractivity contribution in [1.82, 2.24) is 0 Å². The van der Waals surface area contributed by atoms with Crippen molar-refractivity contribution in [3.05, 3.63) is 21.9 Å². The molecule has 0 saturated heterocycles. The molecule has 0 aliphatic rings. The highest BCUT2D eigenvalue weighted by atomic mass is 32.1. The lowest BCUT2D eigenvalue weighted by atomic mass is 9.96. The Balaban J connectivity index is 2.93. The van der Waals surface area contributed by atoms with Crippen molar-refractivity contribution in [1.29, 1.82) is 0 Å². The van der Waals surface area contributed by atoms with Gasteiger partial charge < -0.3 is 10.8 Å². The van der Waals surface area contributed by atoms with Gasteiger partial charge in [-0.3, -0.25) is 0 Å². The van der Waals surface area contributed by atoms with Crippen molar-refractivity contribution in [2.75, 3.05) is 0 Å². The third-order valence-electron chi connectivity index (χ3n) is 2.45. The minimum Gasteiger partial charge on any atom is -0.383 e. The van der Waals surface area contributed by atoms with Gasteiger partial charge >= 0.3 is 0 Å². The van der Waals surface area contributed by atoms with Crippen LogP contribution in [-0.4, -0.2) is 11.1 Å². The summed E-state index contributed by atoms with van der Waals surface area (Å²) in [6.07, 6.45) is 1.01. The fourth-order valence-electron chi connectivity index (χ4n) is 1.05. The Kier molecular flexibility index (Phi) is 3.11. The third-order valence-corrected chi connectivity index (χ3v) is 3.65. The zero-order valence-corrected chi connectivity index (χ0v) is 9.19. The van der Waals surface area contributed by atoms with E-state index in [4.69, 9.17) is 5.73 Å². The van der Waals surface area contributed by atoms with Gasteiger partial charge in [0, 0.05) is 10.9 Å². The second-order valence-corrected chi connectivity index (χ2v) is 4.52. The monoisotopic (exact) mass is 199 g/mol. The fourth-order valence-corrected chi connectivity index (χ4v) is 2.21. The van der Waals surface area contributed by atoms with Crippen molar-refractivity contribution < 1.29 is 5.11 Å². The molecule has 0 aromatic carbocycles. The Morgan fingerprint density at radius 1 is 1.69 bits per heavy atom. The predicted octanol–water partition coefficient (Wildman–Crippen LogP) is 1.87. The van der Waals surface area contributed by atoms with Crippen LogP contribution < -0.4 is 5.73 Å². The topological polar surface area (TPSA) is 46.2 Å². The molecule has 1 heterocycles. The summed E-state index contributed by atoms with van der Waals surface area (Å²) in [5.41, 5.74) is 6.08. The summed E-state index contributed by atoms with van der Waals surface area (Å²) in [6, 6.07) is 1.80. The van der Waals surface area contributed by atoms with Crippen LogP contribution in [0, 0.1) is 0 Å². The van der Waals surface area contributed by atoms with Gasteiger partial charge in [-0.2, -0.15) is 0 Å². The van der Waals surface area contributed by atoms with Gasteiger partial charge in [-0.05, 0) is 37.3 Å². The average Bonchev–Trinajstić information content (AvgIpc) is 2.51. The van der Waals surface area contributed by atoms with E-state index in [0.717, 1.165) is 11.3 Å². The van der Waals surface area contributed by atoms with Gasteiger partial charge in [0.1, 0.15) is 5.60 Å². The Bertz CT molecular complexity index is 278. The minimum atomic E-state index is -0.891. The molecule has 0 bridgehead atoms. The van der Waals surface area contributed by atoms with E-state index in [1.54, 1.807) is 18.3 Å². The normalized spacial score (nSPS) is 18.2. The number of aliphatic hydroxyl groups is 1. The summed E-state index contributed by atoms with van der Waals surface area (Å²) >= 11 is 1.58. The average molecular weight is 199 g/mol. The maximum Gasteiger partial charge on any atom is 0.111 e. The van der Waals surface area contributed by atoms with Gasteiger partial charge in [-0.25, -0.2) is 0 Å². The van der Waals surface area contributed by atoms with E-state index in [9.17, 15) is 5.11 Å². The van der Waals surface area contributed by atoms with Crippen LogP contribution in [0.5, 0.6) is 0 Å². The van der Waals surface area contributed by atoms with Crippen LogP contribution in [0.15, 0.2) is 11.4 Å². The molecular formula is C10H17NOS. The maximum atomic E-state index is 10.1. The van der Waals surface area contributed by atoms with E-state index >= 15 is 0 Å². The number of thiophene rings is 1. The molecule has 0 fully saturated rings. The number of hydrogen-bond acceptors (Lipinski definition) is 3.